The molecule has 0 aliphatic heterocycles. The van der Waals surface area contributed by atoms with Gasteiger partial charge in [0.1, 0.15) is 0 Å². The Balaban J connectivity index is 2.05. The molecule has 1 amide bonds. The fourth-order valence-electron chi connectivity index (χ4n) is 4.36. The Morgan fingerprint density at radius 1 is 1.00 bits per heavy atom. The number of rotatable bonds is 3. The molecule has 2 heteroatoms. The maximum Gasteiger partial charge on any atom is 0.235 e. The Labute approximate surface area is 151 Å². The van der Waals surface area contributed by atoms with Crippen molar-refractivity contribution in [3.05, 3.63) is 60.2 Å². The number of aryl methyl sites for hydroxylation is 1. The third-order valence-electron chi connectivity index (χ3n) is 5.68. The molecule has 0 aromatic heterocycles. The normalized spacial score (nSPS) is 22.4. The minimum absolute atomic E-state index is 0.0342. The molecule has 1 aliphatic rings. The number of nitrogens with zero attached hydrogens (tertiary/aromatic N) is 1. The third kappa shape index (κ3) is 3.63. The first-order chi connectivity index (χ1) is 11.9. The number of hydrogen-bond donors (Lipinski definition) is 0. The van der Waals surface area contributed by atoms with Crippen molar-refractivity contribution in [1.29, 1.82) is 0 Å². The van der Waals surface area contributed by atoms with E-state index in [1.807, 2.05) is 35.2 Å². The maximum atomic E-state index is 13.7. The van der Waals surface area contributed by atoms with Gasteiger partial charge in [0.05, 0.1) is 0 Å². The van der Waals surface area contributed by atoms with E-state index in [0.29, 0.717) is 5.92 Å². The molecule has 1 fully saturated rings. The fourth-order valence-corrected chi connectivity index (χ4v) is 4.36. The van der Waals surface area contributed by atoms with Gasteiger partial charge in [0, 0.05) is 17.3 Å². The van der Waals surface area contributed by atoms with Gasteiger partial charge in [-0.1, -0.05) is 63.1 Å². The van der Waals surface area contributed by atoms with Gasteiger partial charge >= 0.3 is 0 Å². The monoisotopic (exact) mass is 335 g/mol. The standard InChI is InChI=1S/C23H29NO/c1-17-12-14-20(15-13-17)24(19-10-6-5-7-11-19)22(25)21-18(2)9-8-16-23(21,3)4/h5-7,10-15,18,21H,8-9,16H2,1-4H3. The first-order valence-corrected chi connectivity index (χ1v) is 9.36. The Kier molecular flexibility index (Phi) is 4.99. The molecular weight excluding hydrogens is 306 g/mol. The molecule has 3 rings (SSSR count). The molecule has 25 heavy (non-hydrogen) atoms. The first-order valence-electron chi connectivity index (χ1n) is 9.36. The van der Waals surface area contributed by atoms with E-state index in [2.05, 4.69) is 52.0 Å². The minimum Gasteiger partial charge on any atom is -0.281 e. The van der Waals surface area contributed by atoms with Crippen LogP contribution in [0.25, 0.3) is 0 Å². The Morgan fingerprint density at radius 2 is 1.60 bits per heavy atom. The summed E-state index contributed by atoms with van der Waals surface area (Å²) in [6.45, 7) is 8.82. The number of amides is 1. The maximum absolute atomic E-state index is 13.7. The van der Waals surface area contributed by atoms with E-state index in [1.54, 1.807) is 0 Å². The summed E-state index contributed by atoms with van der Waals surface area (Å²) in [6, 6.07) is 18.3. The molecule has 0 saturated heterocycles. The molecule has 1 aliphatic carbocycles. The largest absolute Gasteiger partial charge is 0.281 e. The van der Waals surface area contributed by atoms with Gasteiger partial charge in [-0.05, 0) is 55.4 Å². The summed E-state index contributed by atoms with van der Waals surface area (Å²) in [6.07, 6.45) is 3.47. The van der Waals surface area contributed by atoms with Crippen molar-refractivity contribution in [3.8, 4) is 0 Å². The van der Waals surface area contributed by atoms with E-state index < -0.39 is 0 Å². The topological polar surface area (TPSA) is 20.3 Å². The quantitative estimate of drug-likeness (QED) is 0.661. The molecular formula is C23H29NO. The lowest BCUT2D eigenvalue weighted by Gasteiger charge is -2.44. The summed E-state index contributed by atoms with van der Waals surface area (Å²) >= 11 is 0. The van der Waals surface area contributed by atoms with Crippen LogP contribution in [-0.2, 0) is 4.79 Å². The molecule has 0 radical (unpaired) electrons. The van der Waals surface area contributed by atoms with Gasteiger partial charge in [-0.3, -0.25) is 9.69 Å². The second kappa shape index (κ2) is 7.03. The second-order valence-electron chi connectivity index (χ2n) is 8.18. The Hall–Kier alpha value is -2.09. The van der Waals surface area contributed by atoms with Crippen molar-refractivity contribution < 1.29 is 4.79 Å². The smallest absolute Gasteiger partial charge is 0.235 e. The van der Waals surface area contributed by atoms with Crippen LogP contribution in [0.2, 0.25) is 0 Å². The van der Waals surface area contributed by atoms with Crippen molar-refractivity contribution >= 4 is 17.3 Å². The predicted octanol–water partition coefficient (Wildman–Crippen LogP) is 6.12. The summed E-state index contributed by atoms with van der Waals surface area (Å²) in [4.78, 5) is 15.7. The van der Waals surface area contributed by atoms with Crippen molar-refractivity contribution in [2.24, 2.45) is 17.3 Å². The molecule has 2 unspecified atom stereocenters. The highest BCUT2D eigenvalue weighted by atomic mass is 16.2. The summed E-state index contributed by atoms with van der Waals surface area (Å²) in [5.41, 5.74) is 3.14. The van der Waals surface area contributed by atoms with Crippen molar-refractivity contribution in [1.82, 2.24) is 0 Å². The van der Waals surface area contributed by atoms with E-state index >= 15 is 0 Å². The second-order valence-corrected chi connectivity index (χ2v) is 8.18. The van der Waals surface area contributed by atoms with Crippen molar-refractivity contribution in [2.75, 3.05) is 4.90 Å². The van der Waals surface area contributed by atoms with Crippen LogP contribution in [0.4, 0.5) is 11.4 Å². The van der Waals surface area contributed by atoms with Gasteiger partial charge in [-0.25, -0.2) is 0 Å². The van der Waals surface area contributed by atoms with E-state index in [1.165, 1.54) is 12.0 Å². The van der Waals surface area contributed by atoms with Crippen LogP contribution in [0, 0.1) is 24.2 Å². The first kappa shape index (κ1) is 17.7. The zero-order valence-corrected chi connectivity index (χ0v) is 15.8. The molecule has 2 atom stereocenters. The zero-order chi connectivity index (χ0) is 18.0. The Morgan fingerprint density at radius 3 is 2.20 bits per heavy atom. The summed E-state index contributed by atoms with van der Waals surface area (Å²) in [7, 11) is 0. The average molecular weight is 335 g/mol. The van der Waals surface area contributed by atoms with Crippen LogP contribution < -0.4 is 4.90 Å². The van der Waals surface area contributed by atoms with Gasteiger partial charge in [0.25, 0.3) is 0 Å². The van der Waals surface area contributed by atoms with Gasteiger partial charge in [0.2, 0.25) is 5.91 Å². The highest BCUT2D eigenvalue weighted by Gasteiger charge is 2.43. The van der Waals surface area contributed by atoms with Gasteiger partial charge < -0.3 is 0 Å². The van der Waals surface area contributed by atoms with Crippen LogP contribution in [0.3, 0.4) is 0 Å². The summed E-state index contributed by atoms with van der Waals surface area (Å²) < 4.78 is 0. The van der Waals surface area contributed by atoms with E-state index in [-0.39, 0.29) is 17.2 Å². The number of hydrogen-bond acceptors (Lipinski definition) is 1. The number of benzene rings is 2. The zero-order valence-electron chi connectivity index (χ0n) is 15.8. The van der Waals surface area contributed by atoms with Crippen LogP contribution in [-0.4, -0.2) is 5.91 Å². The van der Waals surface area contributed by atoms with Crippen LogP contribution in [0.1, 0.15) is 45.6 Å². The van der Waals surface area contributed by atoms with Gasteiger partial charge in [-0.2, -0.15) is 0 Å². The molecule has 2 nitrogen and oxygen atoms in total. The van der Waals surface area contributed by atoms with Crippen LogP contribution >= 0.6 is 0 Å². The SMILES string of the molecule is Cc1ccc(N(C(=O)C2C(C)CCCC2(C)C)c2ccccc2)cc1. The molecule has 2 aromatic rings. The highest BCUT2D eigenvalue weighted by molar-refractivity contribution is 6.02. The molecule has 132 valence electrons. The summed E-state index contributed by atoms with van der Waals surface area (Å²) in [5.74, 6) is 0.683. The van der Waals surface area contributed by atoms with E-state index in [4.69, 9.17) is 0 Å². The lowest BCUT2D eigenvalue weighted by atomic mass is 9.63. The number of carbonyl (C=O) groups excluding carboxylic acids is 1. The van der Waals surface area contributed by atoms with Crippen LogP contribution in [0.5, 0.6) is 0 Å². The number of anilines is 2. The molecule has 0 N–H and O–H groups in total. The molecule has 1 saturated carbocycles. The lowest BCUT2D eigenvalue weighted by Crippen LogP contribution is -2.45. The van der Waals surface area contributed by atoms with Crippen molar-refractivity contribution in [2.45, 2.75) is 47.0 Å². The van der Waals surface area contributed by atoms with Crippen molar-refractivity contribution in [3.63, 3.8) is 0 Å². The summed E-state index contributed by atoms with van der Waals surface area (Å²) in [5, 5.41) is 0. The van der Waals surface area contributed by atoms with Gasteiger partial charge in [-0.15, -0.1) is 0 Å². The van der Waals surface area contributed by atoms with E-state index in [9.17, 15) is 4.79 Å². The minimum atomic E-state index is 0.0342. The Bertz CT molecular complexity index is 718. The lowest BCUT2D eigenvalue weighted by molar-refractivity contribution is -0.129. The van der Waals surface area contributed by atoms with Gasteiger partial charge in [0.15, 0.2) is 0 Å². The van der Waals surface area contributed by atoms with Crippen LogP contribution in [0.15, 0.2) is 54.6 Å². The third-order valence-corrected chi connectivity index (χ3v) is 5.68. The average Bonchev–Trinajstić information content (AvgIpc) is 2.57. The fraction of sp³-hybridized carbons (Fsp3) is 0.435. The molecule has 0 bridgehead atoms. The number of carbonyl (C=O) groups is 1. The molecule has 2 aromatic carbocycles. The predicted molar refractivity (Wildman–Crippen MR) is 105 cm³/mol. The number of para-hydroxylation sites is 1. The van der Waals surface area contributed by atoms with E-state index in [0.717, 1.165) is 24.2 Å². The molecule has 0 heterocycles. The highest BCUT2D eigenvalue weighted by Crippen LogP contribution is 2.46. The molecule has 0 spiro atoms.